The molecule has 0 amide bonds. The molecule has 0 spiro atoms. The smallest absolute Gasteiger partial charge is 0.236 e. The fourth-order valence-electron chi connectivity index (χ4n) is 2.82. The molecule has 2 rings (SSSR count). The van der Waals surface area contributed by atoms with E-state index >= 15 is 0 Å². The first-order valence-electron chi connectivity index (χ1n) is 10.2. The highest BCUT2D eigenvalue weighted by Gasteiger charge is 2.35. The molecule has 0 saturated carbocycles. The first-order valence-corrected chi connectivity index (χ1v) is 12.2. The maximum Gasteiger partial charge on any atom is 0.236 e. The SMILES string of the molecule is CC(C)NCCOCCOCCOCCn1nnc(CN2CC(S(C)(=O)=O)C2)c1F. The Kier molecular flexibility index (Phi) is 10.6. The van der Waals surface area contributed by atoms with Gasteiger partial charge in [-0.15, -0.1) is 5.10 Å². The Hall–Kier alpha value is -1.18. The molecular formula is C18H34FN5O5S. The predicted molar refractivity (Wildman–Crippen MR) is 109 cm³/mol. The third-order valence-corrected chi connectivity index (χ3v) is 6.14. The van der Waals surface area contributed by atoms with Crippen molar-refractivity contribution in [1.82, 2.24) is 25.2 Å². The van der Waals surface area contributed by atoms with E-state index in [0.717, 1.165) is 11.2 Å². The average Bonchev–Trinajstić information content (AvgIpc) is 2.97. The molecule has 1 aliphatic heterocycles. The number of halogens is 1. The quantitative estimate of drug-likeness (QED) is 0.339. The van der Waals surface area contributed by atoms with Crippen LogP contribution in [0.25, 0.3) is 0 Å². The number of rotatable bonds is 16. The van der Waals surface area contributed by atoms with Gasteiger partial charge in [0.05, 0.1) is 51.4 Å². The molecule has 1 aromatic heterocycles. The van der Waals surface area contributed by atoms with E-state index < -0.39 is 15.8 Å². The third-order valence-electron chi connectivity index (χ3n) is 4.63. The predicted octanol–water partition coefficient (Wildman–Crippen LogP) is -0.306. The molecule has 10 nitrogen and oxygen atoms in total. The lowest BCUT2D eigenvalue weighted by Crippen LogP contribution is -2.53. The van der Waals surface area contributed by atoms with Crippen LogP contribution in [-0.4, -0.2) is 105 Å². The Bertz CT molecular complexity index is 725. The summed E-state index contributed by atoms with van der Waals surface area (Å²) in [5, 5.41) is 10.5. The second kappa shape index (κ2) is 12.6. The van der Waals surface area contributed by atoms with Crippen molar-refractivity contribution in [3.63, 3.8) is 0 Å². The number of aromatic nitrogens is 3. The minimum atomic E-state index is -3.04. The molecule has 30 heavy (non-hydrogen) atoms. The van der Waals surface area contributed by atoms with Gasteiger partial charge in [-0.05, 0) is 0 Å². The molecule has 0 atom stereocenters. The van der Waals surface area contributed by atoms with Crippen molar-refractivity contribution >= 4 is 9.84 Å². The highest BCUT2D eigenvalue weighted by Crippen LogP contribution is 2.18. The molecule has 0 aromatic carbocycles. The maximum atomic E-state index is 14.3. The van der Waals surface area contributed by atoms with E-state index in [1.54, 1.807) is 0 Å². The van der Waals surface area contributed by atoms with Gasteiger partial charge in [-0.3, -0.25) is 4.90 Å². The van der Waals surface area contributed by atoms with Gasteiger partial charge < -0.3 is 19.5 Å². The first kappa shape index (κ1) is 25.1. The first-order chi connectivity index (χ1) is 14.3. The number of hydrogen-bond acceptors (Lipinski definition) is 9. The Labute approximate surface area is 178 Å². The van der Waals surface area contributed by atoms with Crippen LogP contribution >= 0.6 is 0 Å². The van der Waals surface area contributed by atoms with E-state index in [0.29, 0.717) is 58.8 Å². The molecule has 1 aromatic rings. The molecule has 1 aliphatic rings. The van der Waals surface area contributed by atoms with Crippen molar-refractivity contribution in [1.29, 1.82) is 0 Å². The van der Waals surface area contributed by atoms with Crippen LogP contribution in [0.3, 0.4) is 0 Å². The zero-order chi connectivity index (χ0) is 22.0. The van der Waals surface area contributed by atoms with Crippen molar-refractivity contribution in [2.24, 2.45) is 0 Å². The fourth-order valence-corrected chi connectivity index (χ4v) is 3.79. The summed E-state index contributed by atoms with van der Waals surface area (Å²) < 4.78 is 54.6. The van der Waals surface area contributed by atoms with Crippen molar-refractivity contribution in [3.8, 4) is 0 Å². The van der Waals surface area contributed by atoms with Crippen molar-refractivity contribution in [2.75, 3.05) is 65.5 Å². The lowest BCUT2D eigenvalue weighted by Gasteiger charge is -2.37. The van der Waals surface area contributed by atoms with Gasteiger partial charge in [0.15, 0.2) is 9.84 Å². The molecule has 1 N–H and O–H groups in total. The minimum Gasteiger partial charge on any atom is -0.378 e. The zero-order valence-electron chi connectivity index (χ0n) is 18.0. The molecule has 174 valence electrons. The van der Waals surface area contributed by atoms with Gasteiger partial charge >= 0.3 is 0 Å². The Morgan fingerprint density at radius 2 is 1.70 bits per heavy atom. The summed E-state index contributed by atoms with van der Waals surface area (Å²) in [5.41, 5.74) is 0.217. The second-order valence-electron chi connectivity index (χ2n) is 7.64. The van der Waals surface area contributed by atoms with E-state index in [4.69, 9.17) is 14.2 Å². The summed E-state index contributed by atoms with van der Waals surface area (Å²) >= 11 is 0. The van der Waals surface area contributed by atoms with Crippen LogP contribution in [0.15, 0.2) is 0 Å². The lowest BCUT2D eigenvalue weighted by atomic mass is 10.2. The van der Waals surface area contributed by atoms with Gasteiger partial charge in [0.1, 0.15) is 5.69 Å². The van der Waals surface area contributed by atoms with Gasteiger partial charge in [0.25, 0.3) is 0 Å². The molecule has 12 heteroatoms. The fraction of sp³-hybridized carbons (Fsp3) is 0.889. The van der Waals surface area contributed by atoms with Crippen LogP contribution in [0, 0.1) is 5.95 Å². The van der Waals surface area contributed by atoms with Gasteiger partial charge in [-0.25, -0.2) is 13.1 Å². The minimum absolute atomic E-state index is 0.217. The second-order valence-corrected chi connectivity index (χ2v) is 9.97. The molecule has 2 heterocycles. The molecule has 0 aliphatic carbocycles. The standard InChI is InChI=1S/C18H34FN5O5S/c1-15(2)20-4-6-27-8-10-29-11-9-28-7-5-24-18(19)17(21-22-24)14-23-12-16(13-23)30(3,25)26/h15-16,20H,4-14H2,1-3H3. The summed E-state index contributed by atoms with van der Waals surface area (Å²) in [6.45, 7) is 9.11. The highest BCUT2D eigenvalue weighted by molar-refractivity contribution is 7.91. The van der Waals surface area contributed by atoms with Gasteiger partial charge in [0, 0.05) is 38.5 Å². The zero-order valence-corrected chi connectivity index (χ0v) is 18.9. The number of nitrogens with one attached hydrogen (secondary N) is 1. The molecule has 0 bridgehead atoms. The summed E-state index contributed by atoms with van der Waals surface area (Å²) in [6, 6.07) is 0.454. The molecule has 1 saturated heterocycles. The summed E-state index contributed by atoms with van der Waals surface area (Å²) in [6.07, 6.45) is 1.22. The molecule has 1 fully saturated rings. The summed E-state index contributed by atoms with van der Waals surface area (Å²) in [5.74, 6) is -0.512. The van der Waals surface area contributed by atoms with Crippen molar-refractivity contribution in [3.05, 3.63) is 11.6 Å². The van der Waals surface area contributed by atoms with Crippen molar-refractivity contribution < 1.29 is 27.0 Å². The van der Waals surface area contributed by atoms with Crippen LogP contribution in [0.2, 0.25) is 0 Å². The van der Waals surface area contributed by atoms with Gasteiger partial charge in [-0.1, -0.05) is 19.1 Å². The Morgan fingerprint density at radius 1 is 1.10 bits per heavy atom. The summed E-state index contributed by atoms with van der Waals surface area (Å²) in [4.78, 5) is 1.83. The summed E-state index contributed by atoms with van der Waals surface area (Å²) in [7, 11) is -3.04. The van der Waals surface area contributed by atoms with Crippen LogP contribution in [-0.2, 0) is 37.1 Å². The number of likely N-dealkylation sites (tertiary alicyclic amines) is 1. The number of nitrogens with zero attached hydrogens (tertiary/aromatic N) is 4. The van der Waals surface area contributed by atoms with Gasteiger partial charge in [-0.2, -0.15) is 4.39 Å². The number of sulfone groups is 1. The van der Waals surface area contributed by atoms with E-state index in [1.807, 2.05) is 4.90 Å². The van der Waals surface area contributed by atoms with Crippen LogP contribution in [0.4, 0.5) is 4.39 Å². The lowest BCUT2D eigenvalue weighted by molar-refractivity contribution is 0.0127. The van der Waals surface area contributed by atoms with E-state index in [2.05, 4.69) is 29.5 Å². The largest absolute Gasteiger partial charge is 0.378 e. The number of hydrogen-bond donors (Lipinski definition) is 1. The van der Waals surface area contributed by atoms with Crippen LogP contribution < -0.4 is 5.32 Å². The molecule has 0 unspecified atom stereocenters. The highest BCUT2D eigenvalue weighted by atomic mass is 32.2. The monoisotopic (exact) mass is 451 g/mol. The van der Waals surface area contributed by atoms with E-state index in [-0.39, 0.29) is 24.0 Å². The van der Waals surface area contributed by atoms with Gasteiger partial charge in [0.2, 0.25) is 5.95 Å². The topological polar surface area (TPSA) is 108 Å². The molecular weight excluding hydrogens is 417 g/mol. The van der Waals surface area contributed by atoms with Crippen LogP contribution in [0.5, 0.6) is 0 Å². The Morgan fingerprint density at radius 3 is 2.30 bits per heavy atom. The van der Waals surface area contributed by atoms with E-state index in [9.17, 15) is 12.8 Å². The van der Waals surface area contributed by atoms with Crippen molar-refractivity contribution in [2.45, 2.75) is 38.2 Å². The maximum absolute atomic E-state index is 14.3. The van der Waals surface area contributed by atoms with E-state index in [1.165, 1.54) is 6.26 Å². The third kappa shape index (κ3) is 8.90. The van der Waals surface area contributed by atoms with Crippen LogP contribution in [0.1, 0.15) is 19.5 Å². The number of ether oxygens (including phenoxy) is 3. The molecule has 0 radical (unpaired) electrons. The average molecular weight is 452 g/mol. The normalized spacial score (nSPS) is 15.8. The Balaban J connectivity index is 1.48.